The van der Waals surface area contributed by atoms with Crippen molar-refractivity contribution < 1.29 is 4.79 Å². The molecule has 0 N–H and O–H groups in total. The lowest BCUT2D eigenvalue weighted by atomic mass is 9.76. The van der Waals surface area contributed by atoms with Crippen molar-refractivity contribution in [2.45, 2.75) is 5.54 Å². The molecule has 4 heteroatoms. The van der Waals surface area contributed by atoms with E-state index in [2.05, 4.69) is 52.9 Å². The Morgan fingerprint density at radius 1 is 0.765 bits per heavy atom. The maximum Gasteiger partial charge on any atom is 0.199 e. The lowest BCUT2D eigenvalue weighted by Gasteiger charge is -2.38. The highest BCUT2D eigenvalue weighted by Gasteiger charge is 2.54. The van der Waals surface area contributed by atoms with Crippen molar-refractivity contribution in [3.05, 3.63) is 125 Å². The highest BCUT2D eigenvalue weighted by Crippen LogP contribution is 2.53. The number of anilines is 1. The van der Waals surface area contributed by atoms with Crippen LogP contribution in [-0.2, 0) is 12.6 Å². The van der Waals surface area contributed by atoms with Gasteiger partial charge in [0.1, 0.15) is 0 Å². The number of nitrogens with zero attached hydrogens (tertiary/aromatic N) is 2. The first-order valence-corrected chi connectivity index (χ1v) is 11.7. The number of aryl methyl sites for hydroxylation is 1. The number of aromatic nitrogens is 1. The van der Waals surface area contributed by atoms with E-state index in [-0.39, 0.29) is 5.78 Å². The first-order chi connectivity index (χ1) is 16.5. The monoisotopic (exact) mass is 462 g/mol. The molecule has 0 fully saturated rings. The quantitative estimate of drug-likeness (QED) is 0.286. The molecule has 1 aliphatic rings. The van der Waals surface area contributed by atoms with E-state index in [1.165, 1.54) is 0 Å². The summed E-state index contributed by atoms with van der Waals surface area (Å²) in [4.78, 5) is 16.7. The van der Waals surface area contributed by atoms with Gasteiger partial charge in [-0.3, -0.25) is 4.79 Å². The zero-order valence-corrected chi connectivity index (χ0v) is 19.8. The molecule has 0 spiro atoms. The van der Waals surface area contributed by atoms with Crippen LogP contribution < -0.4 is 4.90 Å². The second-order valence-electron chi connectivity index (χ2n) is 8.79. The van der Waals surface area contributed by atoms with Gasteiger partial charge in [0, 0.05) is 46.8 Å². The zero-order chi connectivity index (χ0) is 23.4. The Bertz CT molecular complexity index is 1560. The van der Waals surface area contributed by atoms with Crippen molar-refractivity contribution in [1.82, 2.24) is 4.57 Å². The van der Waals surface area contributed by atoms with Gasteiger partial charge in [-0.2, -0.15) is 0 Å². The summed E-state index contributed by atoms with van der Waals surface area (Å²) < 4.78 is 2.21. The Hall–Kier alpha value is -3.82. The van der Waals surface area contributed by atoms with E-state index in [0.717, 1.165) is 39.0 Å². The summed E-state index contributed by atoms with van der Waals surface area (Å²) in [5, 5.41) is 1.62. The van der Waals surface area contributed by atoms with Crippen molar-refractivity contribution in [2.75, 3.05) is 11.9 Å². The molecule has 4 aromatic carbocycles. The molecule has 0 amide bonds. The number of carbonyl (C=O) groups excluding carboxylic acids is 1. The Kier molecular flexibility index (Phi) is 4.65. The third-order valence-electron chi connectivity index (χ3n) is 7.10. The van der Waals surface area contributed by atoms with Crippen LogP contribution in [0.25, 0.3) is 22.2 Å². The van der Waals surface area contributed by atoms with Gasteiger partial charge in [-0.05, 0) is 35.4 Å². The first kappa shape index (κ1) is 20.8. The van der Waals surface area contributed by atoms with Gasteiger partial charge in [0.2, 0.25) is 0 Å². The minimum Gasteiger partial charge on any atom is -0.354 e. The summed E-state index contributed by atoms with van der Waals surface area (Å²) in [5.74, 6) is 0.0345. The number of hydrogen-bond acceptors (Lipinski definition) is 2. The maximum atomic E-state index is 14.6. The molecule has 1 aliphatic heterocycles. The van der Waals surface area contributed by atoms with Crippen LogP contribution in [0.4, 0.5) is 5.69 Å². The molecule has 166 valence electrons. The smallest absolute Gasteiger partial charge is 0.199 e. The van der Waals surface area contributed by atoms with Gasteiger partial charge < -0.3 is 9.47 Å². The van der Waals surface area contributed by atoms with Crippen LogP contribution in [0.15, 0.2) is 103 Å². The van der Waals surface area contributed by atoms with Crippen molar-refractivity contribution in [3.8, 4) is 11.3 Å². The molecule has 0 aliphatic carbocycles. The molecule has 0 saturated carbocycles. The molecule has 0 radical (unpaired) electrons. The molecule has 3 nitrogen and oxygen atoms in total. The number of ketones is 1. The summed E-state index contributed by atoms with van der Waals surface area (Å²) in [6.45, 7) is 0. The number of hydrogen-bond donors (Lipinski definition) is 0. The van der Waals surface area contributed by atoms with Crippen LogP contribution in [-0.4, -0.2) is 17.4 Å². The van der Waals surface area contributed by atoms with Crippen LogP contribution in [0.3, 0.4) is 0 Å². The number of fused-ring (bicyclic) bond motifs is 2. The third-order valence-corrected chi connectivity index (χ3v) is 7.34. The molecule has 0 saturated heterocycles. The average molecular weight is 463 g/mol. The van der Waals surface area contributed by atoms with E-state index in [1.807, 2.05) is 67.7 Å². The van der Waals surface area contributed by atoms with Crippen molar-refractivity contribution >= 4 is 34.0 Å². The normalized spacial score (nSPS) is 17.4. The number of benzene rings is 4. The minimum absolute atomic E-state index is 0.0345. The van der Waals surface area contributed by atoms with Crippen molar-refractivity contribution in [1.29, 1.82) is 0 Å². The summed E-state index contributed by atoms with van der Waals surface area (Å²) in [5.41, 5.74) is 5.59. The van der Waals surface area contributed by atoms with Crippen LogP contribution in [0.5, 0.6) is 0 Å². The SMILES string of the molecule is CN1c2ccc(Cl)cc2C(=O)C1(c1ccccc1)c1c(-c2ccccc2)n(C)c2ccccc12. The van der Waals surface area contributed by atoms with Gasteiger partial charge in [0.05, 0.1) is 5.69 Å². The minimum atomic E-state index is -1.04. The first-order valence-electron chi connectivity index (χ1n) is 11.3. The molecule has 5 aromatic rings. The number of carbonyl (C=O) groups is 1. The van der Waals surface area contributed by atoms with Gasteiger partial charge >= 0.3 is 0 Å². The summed E-state index contributed by atoms with van der Waals surface area (Å²) in [6, 6.07) is 34.4. The van der Waals surface area contributed by atoms with E-state index in [0.29, 0.717) is 10.6 Å². The lowest BCUT2D eigenvalue weighted by Crippen LogP contribution is -2.47. The van der Waals surface area contributed by atoms with E-state index in [9.17, 15) is 4.79 Å². The van der Waals surface area contributed by atoms with Crippen molar-refractivity contribution in [3.63, 3.8) is 0 Å². The second kappa shape index (κ2) is 7.61. The maximum absolute atomic E-state index is 14.6. The van der Waals surface area contributed by atoms with Gasteiger partial charge in [0.15, 0.2) is 11.3 Å². The Morgan fingerprint density at radius 3 is 2.15 bits per heavy atom. The van der Waals surface area contributed by atoms with Gasteiger partial charge in [0.25, 0.3) is 0 Å². The van der Waals surface area contributed by atoms with Crippen LogP contribution in [0.2, 0.25) is 5.02 Å². The lowest BCUT2D eigenvalue weighted by molar-refractivity contribution is 0.0929. The Labute approximate surface area is 203 Å². The molecule has 34 heavy (non-hydrogen) atoms. The van der Waals surface area contributed by atoms with E-state index in [1.54, 1.807) is 6.07 Å². The molecular formula is C30H23ClN2O. The summed E-state index contributed by atoms with van der Waals surface area (Å²) >= 11 is 6.37. The van der Waals surface area contributed by atoms with Gasteiger partial charge in [-0.25, -0.2) is 0 Å². The number of rotatable bonds is 3. The van der Waals surface area contributed by atoms with Crippen LogP contribution >= 0.6 is 11.6 Å². The van der Waals surface area contributed by atoms with E-state index < -0.39 is 5.54 Å². The van der Waals surface area contributed by atoms with Crippen LogP contribution in [0, 0.1) is 0 Å². The third kappa shape index (κ3) is 2.68. The van der Waals surface area contributed by atoms with E-state index in [4.69, 9.17) is 11.6 Å². The predicted octanol–water partition coefficient (Wildman–Crippen LogP) is 7.08. The zero-order valence-electron chi connectivity index (χ0n) is 19.0. The van der Waals surface area contributed by atoms with Gasteiger partial charge in [-0.1, -0.05) is 90.5 Å². The molecule has 0 bridgehead atoms. The second-order valence-corrected chi connectivity index (χ2v) is 9.23. The fourth-order valence-corrected chi connectivity index (χ4v) is 5.81. The molecule has 6 rings (SSSR count). The standard InChI is InChI=1S/C30H23ClN2O/c1-32-25-16-10-9-15-23(25)27(28(32)20-11-5-3-6-12-20)30(21-13-7-4-8-14-21)29(34)24-19-22(31)17-18-26(24)33(30)2/h3-19H,1-2H3. The topological polar surface area (TPSA) is 25.2 Å². The van der Waals surface area contributed by atoms with Crippen molar-refractivity contribution in [2.24, 2.45) is 7.05 Å². The highest BCUT2D eigenvalue weighted by molar-refractivity contribution is 6.32. The molecule has 1 atom stereocenters. The summed E-state index contributed by atoms with van der Waals surface area (Å²) in [6.07, 6.45) is 0. The predicted molar refractivity (Wildman–Crippen MR) is 140 cm³/mol. The molecule has 2 heterocycles. The van der Waals surface area contributed by atoms with Crippen LogP contribution in [0.1, 0.15) is 21.5 Å². The average Bonchev–Trinajstić information content (AvgIpc) is 3.29. The number of para-hydroxylation sites is 1. The fraction of sp³-hybridized carbons (Fsp3) is 0.100. The summed E-state index contributed by atoms with van der Waals surface area (Å²) in [7, 11) is 4.09. The fourth-order valence-electron chi connectivity index (χ4n) is 5.63. The number of halogens is 1. The Morgan fingerprint density at radius 2 is 1.41 bits per heavy atom. The number of likely N-dealkylation sites (N-methyl/N-ethyl adjacent to an activating group) is 1. The van der Waals surface area contributed by atoms with E-state index >= 15 is 0 Å². The highest BCUT2D eigenvalue weighted by atomic mass is 35.5. The van der Waals surface area contributed by atoms with Gasteiger partial charge in [-0.15, -0.1) is 0 Å². The largest absolute Gasteiger partial charge is 0.354 e. The number of Topliss-reactive ketones (excluding diaryl/α,β-unsaturated/α-hetero) is 1. The Balaban J connectivity index is 1.81. The molecule has 1 unspecified atom stereocenters. The molecular weight excluding hydrogens is 440 g/mol. The molecule has 1 aromatic heterocycles.